The predicted octanol–water partition coefficient (Wildman–Crippen LogP) is -1.10. The van der Waals surface area contributed by atoms with Crippen LogP contribution in [0.4, 0.5) is 11.6 Å². The first kappa shape index (κ1) is 13.3. The monoisotopic (exact) mass is 268 g/mol. The number of hydrogen-bond acceptors (Lipinski definition) is 6. The van der Waals surface area contributed by atoms with Gasteiger partial charge in [0.2, 0.25) is 17.5 Å². The molecule has 1 unspecified atom stereocenters. The topological polar surface area (TPSA) is 119 Å². The fourth-order valence-corrected chi connectivity index (χ4v) is 2.24. The van der Waals surface area contributed by atoms with Crippen molar-refractivity contribution in [1.29, 1.82) is 0 Å². The molecule has 1 aromatic rings. The van der Waals surface area contributed by atoms with E-state index >= 15 is 0 Å². The van der Waals surface area contributed by atoms with Crippen LogP contribution in [0.5, 0.6) is 0 Å². The number of nitrogens with zero attached hydrogens (tertiary/aromatic N) is 4. The first-order valence-electron chi connectivity index (χ1n) is 5.88. The number of aryl methyl sites for hydroxylation is 1. The van der Waals surface area contributed by atoms with Gasteiger partial charge in [0.25, 0.3) is 0 Å². The Labute approximate surface area is 109 Å². The maximum Gasteiger partial charge on any atom is 0.406 e. The molecule has 104 valence electrons. The summed E-state index contributed by atoms with van der Waals surface area (Å²) in [5.41, 5.74) is 5.36. The molecule has 1 amide bonds. The molecule has 0 aliphatic carbocycles. The lowest BCUT2D eigenvalue weighted by Gasteiger charge is -2.34. The largest absolute Gasteiger partial charge is 0.406 e. The van der Waals surface area contributed by atoms with Gasteiger partial charge in [-0.15, -0.1) is 0 Å². The van der Waals surface area contributed by atoms with Gasteiger partial charge >= 0.3 is 5.82 Å². The summed E-state index contributed by atoms with van der Waals surface area (Å²) in [5.74, 6) is 0.0877. The lowest BCUT2D eigenvalue weighted by atomic mass is 10.2. The molecule has 0 radical (unpaired) electrons. The Morgan fingerprint density at radius 2 is 2.32 bits per heavy atom. The zero-order chi connectivity index (χ0) is 14.2. The first-order valence-corrected chi connectivity index (χ1v) is 5.88. The van der Waals surface area contributed by atoms with Crippen molar-refractivity contribution in [2.24, 2.45) is 12.8 Å². The molecule has 3 N–H and O–H groups in total. The average Bonchev–Trinajstić information content (AvgIpc) is 2.66. The molecular formula is C10H16N6O3. The van der Waals surface area contributed by atoms with Crippen LogP contribution in [-0.2, 0) is 11.8 Å². The van der Waals surface area contributed by atoms with Gasteiger partial charge < -0.3 is 26.1 Å². The van der Waals surface area contributed by atoms with Crippen LogP contribution in [0.2, 0.25) is 0 Å². The number of nitro groups is 1. The number of nitrogens with one attached hydrogen (secondary N) is 1. The third-order valence-corrected chi connectivity index (χ3v) is 3.29. The minimum absolute atomic E-state index is 0.242. The smallest absolute Gasteiger partial charge is 0.368 e. The summed E-state index contributed by atoms with van der Waals surface area (Å²) in [4.78, 5) is 27.6. The van der Waals surface area contributed by atoms with Crippen LogP contribution in [0.15, 0.2) is 0 Å². The van der Waals surface area contributed by atoms with E-state index in [9.17, 15) is 14.9 Å². The molecule has 1 aromatic heterocycles. The highest BCUT2D eigenvalue weighted by Gasteiger charge is 2.35. The first-order chi connectivity index (χ1) is 8.93. The van der Waals surface area contributed by atoms with Crippen LogP contribution in [0.3, 0.4) is 0 Å². The van der Waals surface area contributed by atoms with Crippen molar-refractivity contribution >= 4 is 17.5 Å². The van der Waals surface area contributed by atoms with Gasteiger partial charge in [0.15, 0.2) is 0 Å². The number of rotatable bonds is 3. The molecule has 1 aliphatic rings. The molecule has 0 saturated carbocycles. The molecular weight excluding hydrogens is 252 g/mol. The number of primary amides is 1. The zero-order valence-corrected chi connectivity index (χ0v) is 10.8. The second-order valence-corrected chi connectivity index (χ2v) is 4.44. The molecule has 1 atom stereocenters. The summed E-state index contributed by atoms with van der Waals surface area (Å²) >= 11 is 0. The van der Waals surface area contributed by atoms with Crippen LogP contribution in [0, 0.1) is 17.0 Å². The van der Waals surface area contributed by atoms with Crippen molar-refractivity contribution in [1.82, 2.24) is 14.9 Å². The Bertz CT molecular complexity index is 526. The number of hydrogen-bond donors (Lipinski definition) is 2. The fourth-order valence-electron chi connectivity index (χ4n) is 2.24. The Morgan fingerprint density at radius 1 is 1.63 bits per heavy atom. The van der Waals surface area contributed by atoms with Crippen LogP contribution in [-0.4, -0.2) is 46.1 Å². The minimum atomic E-state index is -0.609. The average molecular weight is 268 g/mol. The van der Waals surface area contributed by atoms with E-state index in [0.717, 1.165) is 0 Å². The zero-order valence-electron chi connectivity index (χ0n) is 10.8. The van der Waals surface area contributed by atoms with E-state index in [1.807, 2.05) is 0 Å². The third-order valence-electron chi connectivity index (χ3n) is 3.29. The number of imidazole rings is 1. The lowest BCUT2D eigenvalue weighted by molar-refractivity contribution is -0.388. The maximum absolute atomic E-state index is 11.5. The molecule has 19 heavy (non-hydrogen) atoms. The summed E-state index contributed by atoms with van der Waals surface area (Å²) in [6, 6.07) is -0.609. The fraction of sp³-hybridized carbons (Fsp3) is 0.600. The molecule has 9 heteroatoms. The predicted molar refractivity (Wildman–Crippen MR) is 67.8 cm³/mol. The Morgan fingerprint density at radius 3 is 2.89 bits per heavy atom. The van der Waals surface area contributed by atoms with Crippen molar-refractivity contribution < 1.29 is 9.72 Å². The number of anilines is 1. The number of nitrogens with two attached hydrogens (primary N) is 1. The normalized spacial score (nSPS) is 19.5. The van der Waals surface area contributed by atoms with E-state index in [4.69, 9.17) is 5.73 Å². The van der Waals surface area contributed by atoms with E-state index in [-0.39, 0.29) is 5.82 Å². The quantitative estimate of drug-likeness (QED) is 0.530. The molecule has 9 nitrogen and oxygen atoms in total. The number of piperazine rings is 1. The van der Waals surface area contributed by atoms with Crippen molar-refractivity contribution in [3.8, 4) is 0 Å². The molecule has 2 heterocycles. The highest BCUT2D eigenvalue weighted by atomic mass is 16.6. The summed E-state index contributed by atoms with van der Waals surface area (Å²) in [5, 5.41) is 14.1. The van der Waals surface area contributed by atoms with Gasteiger partial charge in [0, 0.05) is 33.6 Å². The highest BCUT2D eigenvalue weighted by molar-refractivity contribution is 5.84. The number of amides is 1. The van der Waals surface area contributed by atoms with E-state index in [1.54, 1.807) is 23.4 Å². The van der Waals surface area contributed by atoms with E-state index in [2.05, 4.69) is 10.3 Å². The van der Waals surface area contributed by atoms with Gasteiger partial charge in [-0.25, -0.2) is 0 Å². The molecule has 1 fully saturated rings. The molecule has 0 bridgehead atoms. The van der Waals surface area contributed by atoms with Crippen LogP contribution in [0.25, 0.3) is 0 Å². The van der Waals surface area contributed by atoms with Gasteiger partial charge in [-0.2, -0.15) is 0 Å². The van der Waals surface area contributed by atoms with Crippen molar-refractivity contribution in [2.45, 2.75) is 13.0 Å². The number of carbonyl (C=O) groups excluding carboxylic acids is 1. The van der Waals surface area contributed by atoms with Gasteiger partial charge in [-0.05, 0) is 9.91 Å². The molecule has 1 saturated heterocycles. The van der Waals surface area contributed by atoms with E-state index < -0.39 is 16.9 Å². The van der Waals surface area contributed by atoms with Crippen molar-refractivity contribution in [2.75, 3.05) is 24.5 Å². The summed E-state index contributed by atoms with van der Waals surface area (Å²) in [6.07, 6.45) is 0. The molecule has 2 rings (SSSR count). The number of aromatic nitrogens is 2. The van der Waals surface area contributed by atoms with E-state index in [0.29, 0.717) is 31.3 Å². The Kier molecular flexibility index (Phi) is 3.38. The lowest BCUT2D eigenvalue weighted by Crippen LogP contribution is -2.57. The van der Waals surface area contributed by atoms with Crippen LogP contribution >= 0.6 is 0 Å². The van der Waals surface area contributed by atoms with Crippen LogP contribution < -0.4 is 16.0 Å². The second kappa shape index (κ2) is 4.84. The van der Waals surface area contributed by atoms with Gasteiger partial charge in [-0.1, -0.05) is 0 Å². The Hall–Kier alpha value is -2.16. The molecule has 0 spiro atoms. The number of carbonyl (C=O) groups is 1. The highest BCUT2D eigenvalue weighted by Crippen LogP contribution is 2.29. The minimum Gasteiger partial charge on any atom is -0.368 e. The van der Waals surface area contributed by atoms with Gasteiger partial charge in [-0.3, -0.25) is 9.36 Å². The van der Waals surface area contributed by atoms with Gasteiger partial charge in [0.05, 0.1) is 0 Å². The summed E-state index contributed by atoms with van der Waals surface area (Å²) in [7, 11) is 1.69. The Balaban J connectivity index is 2.49. The van der Waals surface area contributed by atoms with Gasteiger partial charge in [0.1, 0.15) is 6.04 Å². The summed E-state index contributed by atoms with van der Waals surface area (Å²) in [6.45, 7) is 3.15. The molecule has 0 aromatic carbocycles. The molecule has 1 aliphatic heterocycles. The SMILES string of the molecule is Cc1nc([N+](=O)[O-])c(N2CCNCC2C(N)=O)n1C. The van der Waals surface area contributed by atoms with Crippen molar-refractivity contribution in [3.63, 3.8) is 0 Å². The maximum atomic E-state index is 11.5. The third kappa shape index (κ3) is 2.24. The summed E-state index contributed by atoms with van der Waals surface area (Å²) < 4.78 is 1.61. The van der Waals surface area contributed by atoms with Crippen LogP contribution in [0.1, 0.15) is 5.82 Å². The second-order valence-electron chi connectivity index (χ2n) is 4.44. The van der Waals surface area contributed by atoms with E-state index in [1.165, 1.54) is 0 Å². The standard InChI is InChI=1S/C10H16N6O3/c1-6-13-9(16(18)19)10(14(6)2)15-4-3-12-5-7(15)8(11)17/h7,12H,3-5H2,1-2H3,(H2,11,17). The van der Waals surface area contributed by atoms with Crippen molar-refractivity contribution in [3.05, 3.63) is 15.9 Å².